The highest BCUT2D eigenvalue weighted by Crippen LogP contribution is 2.52. The van der Waals surface area contributed by atoms with Gasteiger partial charge < -0.3 is 4.90 Å². The second-order valence-corrected chi connectivity index (χ2v) is 9.29. The van der Waals surface area contributed by atoms with Crippen LogP contribution in [0.3, 0.4) is 0 Å². The second-order valence-electron chi connectivity index (χ2n) is 9.29. The third kappa shape index (κ3) is 3.13. The number of amides is 1. The normalized spacial score (nSPS) is 26.8. The van der Waals surface area contributed by atoms with Crippen molar-refractivity contribution in [3.05, 3.63) is 47.7 Å². The van der Waals surface area contributed by atoms with E-state index in [1.165, 1.54) is 6.42 Å². The van der Waals surface area contributed by atoms with Crippen LogP contribution in [0.5, 0.6) is 0 Å². The average molecular weight is 349 g/mol. The number of benzene rings is 1. The number of aromatic nitrogens is 2. The quantitative estimate of drug-likeness (QED) is 0.802. The number of aryl methyl sites for hydroxylation is 1. The maximum atomic E-state index is 13.3. The second kappa shape index (κ2) is 5.90. The molecule has 0 N–H and O–H groups in total. The fourth-order valence-corrected chi connectivity index (χ4v) is 5.23. The van der Waals surface area contributed by atoms with Gasteiger partial charge in [-0.05, 0) is 61.3 Å². The maximum Gasteiger partial charge on any atom is 0.254 e. The molecule has 26 heavy (non-hydrogen) atoms. The standard InChI is InChI=1S/C22H27N3O/c1-15-8-9-19(24-23-15)16-6-5-7-17(10-16)20(26)25-14-22(4)12-18(25)11-21(2,3)13-22/h5-10,18H,11-14H2,1-4H3. The number of hydrogen-bond acceptors (Lipinski definition) is 3. The van der Waals surface area contributed by atoms with E-state index in [9.17, 15) is 4.79 Å². The summed E-state index contributed by atoms with van der Waals surface area (Å²) in [6, 6.07) is 12.1. The minimum atomic E-state index is 0.151. The number of fused-ring (bicyclic) bond motifs is 2. The predicted octanol–water partition coefficient (Wildman–Crippen LogP) is 4.49. The van der Waals surface area contributed by atoms with E-state index in [0.717, 1.165) is 41.9 Å². The minimum absolute atomic E-state index is 0.151. The highest BCUT2D eigenvalue weighted by molar-refractivity contribution is 5.95. The van der Waals surface area contributed by atoms with Gasteiger partial charge in [-0.1, -0.05) is 32.9 Å². The number of rotatable bonds is 2. The van der Waals surface area contributed by atoms with Gasteiger partial charge in [0.05, 0.1) is 11.4 Å². The Morgan fingerprint density at radius 1 is 1.12 bits per heavy atom. The Labute approximate surface area is 155 Å². The predicted molar refractivity (Wildman–Crippen MR) is 103 cm³/mol. The first kappa shape index (κ1) is 17.2. The van der Waals surface area contributed by atoms with E-state index >= 15 is 0 Å². The smallest absolute Gasteiger partial charge is 0.254 e. The highest BCUT2D eigenvalue weighted by atomic mass is 16.2. The Bertz CT molecular complexity index is 843. The molecule has 136 valence electrons. The van der Waals surface area contributed by atoms with Crippen molar-refractivity contribution < 1.29 is 4.79 Å². The molecule has 2 unspecified atom stereocenters. The van der Waals surface area contributed by atoms with E-state index in [0.29, 0.717) is 11.5 Å². The number of carbonyl (C=O) groups is 1. The zero-order valence-corrected chi connectivity index (χ0v) is 16.1. The van der Waals surface area contributed by atoms with Crippen LogP contribution in [0.15, 0.2) is 36.4 Å². The average Bonchev–Trinajstić information content (AvgIpc) is 2.84. The Balaban J connectivity index is 1.61. The summed E-state index contributed by atoms with van der Waals surface area (Å²) in [7, 11) is 0. The van der Waals surface area contributed by atoms with Crippen molar-refractivity contribution in [2.24, 2.45) is 10.8 Å². The van der Waals surface area contributed by atoms with Crippen molar-refractivity contribution in [3.8, 4) is 11.3 Å². The van der Waals surface area contributed by atoms with Crippen LogP contribution in [0.25, 0.3) is 11.3 Å². The molecule has 4 rings (SSSR count). The molecule has 1 aliphatic carbocycles. The molecule has 4 heteroatoms. The van der Waals surface area contributed by atoms with Gasteiger partial charge in [0.2, 0.25) is 0 Å². The van der Waals surface area contributed by atoms with Crippen LogP contribution >= 0.6 is 0 Å². The zero-order chi connectivity index (χ0) is 18.5. The summed E-state index contributed by atoms with van der Waals surface area (Å²) in [4.78, 5) is 15.4. The van der Waals surface area contributed by atoms with E-state index in [2.05, 4.69) is 35.9 Å². The Hall–Kier alpha value is -2.23. The van der Waals surface area contributed by atoms with Gasteiger partial charge in [0.1, 0.15) is 0 Å². The van der Waals surface area contributed by atoms with Gasteiger partial charge in [0.15, 0.2) is 0 Å². The minimum Gasteiger partial charge on any atom is -0.335 e. The lowest BCUT2D eigenvalue weighted by Crippen LogP contribution is -2.37. The summed E-state index contributed by atoms with van der Waals surface area (Å²) in [6.07, 6.45) is 3.42. The van der Waals surface area contributed by atoms with Gasteiger partial charge >= 0.3 is 0 Å². The van der Waals surface area contributed by atoms with Crippen LogP contribution in [-0.2, 0) is 0 Å². The molecular weight excluding hydrogens is 322 g/mol. The van der Waals surface area contributed by atoms with E-state index < -0.39 is 0 Å². The first-order chi connectivity index (χ1) is 12.2. The lowest BCUT2D eigenvalue weighted by atomic mass is 9.65. The molecule has 2 bridgehead atoms. The summed E-state index contributed by atoms with van der Waals surface area (Å²) >= 11 is 0. The van der Waals surface area contributed by atoms with Crippen molar-refractivity contribution in [1.82, 2.24) is 15.1 Å². The molecule has 1 saturated heterocycles. The van der Waals surface area contributed by atoms with Gasteiger partial charge in [-0.3, -0.25) is 4.79 Å². The molecule has 2 heterocycles. The number of likely N-dealkylation sites (tertiary alicyclic amines) is 1. The van der Waals surface area contributed by atoms with E-state index in [4.69, 9.17) is 0 Å². The molecule has 1 aliphatic heterocycles. The summed E-state index contributed by atoms with van der Waals surface area (Å²) in [5, 5.41) is 8.39. The molecule has 1 aromatic heterocycles. The Morgan fingerprint density at radius 2 is 1.92 bits per heavy atom. The number of hydrogen-bond donors (Lipinski definition) is 0. The molecular formula is C22H27N3O. The van der Waals surface area contributed by atoms with Crippen LogP contribution in [0, 0.1) is 17.8 Å². The first-order valence-electron chi connectivity index (χ1n) is 9.47. The van der Waals surface area contributed by atoms with Crippen LogP contribution in [0.2, 0.25) is 0 Å². The van der Waals surface area contributed by atoms with Gasteiger partial charge in [0, 0.05) is 23.7 Å². The molecule has 4 nitrogen and oxygen atoms in total. The van der Waals surface area contributed by atoms with Crippen molar-refractivity contribution in [2.45, 2.75) is 53.0 Å². The summed E-state index contributed by atoms with van der Waals surface area (Å²) in [6.45, 7) is 9.80. The maximum absolute atomic E-state index is 13.3. The van der Waals surface area contributed by atoms with E-state index in [1.54, 1.807) is 0 Å². The Kier molecular flexibility index (Phi) is 3.90. The first-order valence-corrected chi connectivity index (χ1v) is 9.47. The third-order valence-electron chi connectivity index (χ3n) is 5.88. The summed E-state index contributed by atoms with van der Waals surface area (Å²) < 4.78 is 0. The fraction of sp³-hybridized carbons (Fsp3) is 0.500. The SMILES string of the molecule is Cc1ccc(-c2cccc(C(=O)N3CC4(C)CC3CC(C)(C)C4)c2)nn1. The third-order valence-corrected chi connectivity index (χ3v) is 5.88. The molecule has 2 atom stereocenters. The molecule has 1 saturated carbocycles. The molecule has 2 aromatic rings. The van der Waals surface area contributed by atoms with Gasteiger partial charge in [0.25, 0.3) is 5.91 Å². The molecule has 1 aromatic carbocycles. The molecule has 0 spiro atoms. The monoisotopic (exact) mass is 349 g/mol. The van der Waals surface area contributed by atoms with E-state index in [-0.39, 0.29) is 11.3 Å². The fourth-order valence-electron chi connectivity index (χ4n) is 5.23. The van der Waals surface area contributed by atoms with Crippen LogP contribution < -0.4 is 0 Å². The lowest BCUT2D eigenvalue weighted by Gasteiger charge is -2.39. The Morgan fingerprint density at radius 3 is 2.65 bits per heavy atom. The molecule has 0 radical (unpaired) electrons. The van der Waals surface area contributed by atoms with Crippen molar-refractivity contribution >= 4 is 5.91 Å². The van der Waals surface area contributed by atoms with Gasteiger partial charge in [-0.25, -0.2) is 0 Å². The van der Waals surface area contributed by atoms with Crippen LogP contribution in [0.4, 0.5) is 0 Å². The number of carbonyl (C=O) groups excluding carboxylic acids is 1. The van der Waals surface area contributed by atoms with Gasteiger partial charge in [-0.15, -0.1) is 0 Å². The van der Waals surface area contributed by atoms with Crippen molar-refractivity contribution in [3.63, 3.8) is 0 Å². The van der Waals surface area contributed by atoms with E-state index in [1.807, 2.05) is 43.3 Å². The highest BCUT2D eigenvalue weighted by Gasteiger charge is 2.51. The van der Waals surface area contributed by atoms with Crippen molar-refractivity contribution in [2.75, 3.05) is 6.54 Å². The summed E-state index contributed by atoms with van der Waals surface area (Å²) in [5.41, 5.74) is 3.95. The largest absolute Gasteiger partial charge is 0.335 e. The molecule has 1 amide bonds. The summed E-state index contributed by atoms with van der Waals surface area (Å²) in [5.74, 6) is 0.151. The van der Waals surface area contributed by atoms with Crippen LogP contribution in [0.1, 0.15) is 56.1 Å². The van der Waals surface area contributed by atoms with Crippen molar-refractivity contribution in [1.29, 1.82) is 0 Å². The molecule has 2 aliphatic rings. The lowest BCUT2D eigenvalue weighted by molar-refractivity contribution is 0.0708. The van der Waals surface area contributed by atoms with Crippen LogP contribution in [-0.4, -0.2) is 33.6 Å². The topological polar surface area (TPSA) is 46.1 Å². The van der Waals surface area contributed by atoms with Gasteiger partial charge in [-0.2, -0.15) is 10.2 Å². The molecule has 2 fully saturated rings. The zero-order valence-electron chi connectivity index (χ0n) is 16.1. The number of nitrogens with zero attached hydrogens (tertiary/aromatic N) is 3.